The molecule has 22 heavy (non-hydrogen) atoms. The minimum atomic E-state index is -0.662. The Morgan fingerprint density at radius 3 is 2.05 bits per heavy atom. The number of carbonyl (C=O) groups excluding carboxylic acids is 2. The van der Waals surface area contributed by atoms with Gasteiger partial charge in [0.15, 0.2) is 0 Å². The molecule has 0 heterocycles. The Labute approximate surface area is 128 Å². The van der Waals surface area contributed by atoms with Crippen molar-refractivity contribution in [3.05, 3.63) is 77.9 Å². The molecule has 2 aromatic carbocycles. The van der Waals surface area contributed by atoms with Crippen LogP contribution in [0, 0.1) is 5.41 Å². The molecule has 0 spiro atoms. The lowest BCUT2D eigenvalue weighted by Gasteiger charge is -2.16. The lowest BCUT2D eigenvalue weighted by Crippen LogP contribution is -2.44. The lowest BCUT2D eigenvalue weighted by molar-refractivity contribution is -0.120. The molecule has 0 atom stereocenters. The summed E-state index contributed by atoms with van der Waals surface area (Å²) in [5, 5.41) is 7.47. The van der Waals surface area contributed by atoms with Crippen LogP contribution in [-0.2, 0) is 4.79 Å². The van der Waals surface area contributed by atoms with Crippen molar-refractivity contribution in [2.24, 2.45) is 5.73 Å². The van der Waals surface area contributed by atoms with Gasteiger partial charge in [-0.25, -0.2) is 4.90 Å². The van der Waals surface area contributed by atoms with E-state index < -0.39 is 17.8 Å². The van der Waals surface area contributed by atoms with E-state index in [0.29, 0.717) is 10.5 Å². The van der Waals surface area contributed by atoms with Gasteiger partial charge < -0.3 is 5.73 Å². The predicted molar refractivity (Wildman–Crippen MR) is 85.0 cm³/mol. The average Bonchev–Trinajstić information content (AvgIpc) is 2.54. The van der Waals surface area contributed by atoms with Crippen LogP contribution in [0.1, 0.15) is 15.9 Å². The molecule has 0 saturated heterocycles. The molecule has 2 aromatic rings. The van der Waals surface area contributed by atoms with Crippen molar-refractivity contribution in [1.29, 1.82) is 5.41 Å². The maximum Gasteiger partial charge on any atom is 0.267 e. The first-order valence-corrected chi connectivity index (χ1v) is 6.60. The first-order chi connectivity index (χ1) is 10.6. The van der Waals surface area contributed by atoms with Crippen molar-refractivity contribution in [2.75, 3.05) is 0 Å². The highest BCUT2D eigenvalue weighted by Crippen LogP contribution is 2.07. The number of imide groups is 1. The van der Waals surface area contributed by atoms with Crippen LogP contribution in [0.15, 0.2) is 66.7 Å². The summed E-state index contributed by atoms with van der Waals surface area (Å²) in [5.74, 6) is -1.91. The van der Waals surface area contributed by atoms with E-state index >= 15 is 0 Å². The Kier molecular flexibility index (Phi) is 4.82. The molecule has 0 saturated carbocycles. The first kappa shape index (κ1) is 15.2. The summed E-state index contributed by atoms with van der Waals surface area (Å²) in [6, 6.07) is 17.4. The highest BCUT2D eigenvalue weighted by molar-refractivity contribution is 6.19. The molecule has 5 nitrogen and oxygen atoms in total. The van der Waals surface area contributed by atoms with Gasteiger partial charge in [-0.2, -0.15) is 0 Å². The van der Waals surface area contributed by atoms with E-state index in [1.54, 1.807) is 36.4 Å². The molecule has 2 amide bonds. The molecule has 110 valence electrons. The number of nitrogens with zero attached hydrogens (tertiary/aromatic N) is 1. The van der Waals surface area contributed by atoms with Gasteiger partial charge in [0, 0.05) is 11.6 Å². The van der Waals surface area contributed by atoms with Crippen molar-refractivity contribution in [2.45, 2.75) is 0 Å². The van der Waals surface area contributed by atoms with Crippen LogP contribution in [0.25, 0.3) is 6.08 Å². The van der Waals surface area contributed by atoms with Gasteiger partial charge in [-0.3, -0.25) is 15.0 Å². The maximum absolute atomic E-state index is 12.3. The number of rotatable bonds is 3. The molecule has 0 aromatic heterocycles. The molecule has 0 bridgehead atoms. The van der Waals surface area contributed by atoms with Crippen molar-refractivity contribution < 1.29 is 9.59 Å². The predicted octanol–water partition coefficient (Wildman–Crippen LogP) is 2.26. The van der Waals surface area contributed by atoms with E-state index in [1.165, 1.54) is 6.08 Å². The minimum Gasteiger partial charge on any atom is -0.369 e. The van der Waals surface area contributed by atoms with Crippen LogP contribution >= 0.6 is 0 Å². The van der Waals surface area contributed by atoms with E-state index in [1.807, 2.05) is 30.3 Å². The summed E-state index contributed by atoms with van der Waals surface area (Å²) in [5.41, 5.74) is 6.48. The number of amides is 2. The number of nitrogens with two attached hydrogens (primary N) is 1. The number of hydrogen-bond donors (Lipinski definition) is 2. The molecule has 5 heteroatoms. The van der Waals surface area contributed by atoms with E-state index in [2.05, 4.69) is 0 Å². The third kappa shape index (κ3) is 3.67. The number of nitrogens with one attached hydrogen (secondary N) is 1. The molecule has 0 aliphatic heterocycles. The SMILES string of the molecule is N=C(N)N(C(=O)/C=C/c1ccccc1)C(=O)c1ccccc1. The fourth-order valence-electron chi connectivity index (χ4n) is 1.84. The van der Waals surface area contributed by atoms with Gasteiger partial charge >= 0.3 is 0 Å². The zero-order valence-corrected chi connectivity index (χ0v) is 11.8. The Balaban J connectivity index is 2.21. The standard InChI is InChI=1S/C17H15N3O2/c18-17(19)20(16(22)14-9-5-2-6-10-14)15(21)12-11-13-7-3-1-4-8-13/h1-12H,(H3,18,19)/b12-11+. The normalized spacial score (nSPS) is 10.4. The van der Waals surface area contributed by atoms with Gasteiger partial charge in [0.2, 0.25) is 5.96 Å². The quantitative estimate of drug-likeness (QED) is 0.517. The smallest absolute Gasteiger partial charge is 0.267 e. The largest absolute Gasteiger partial charge is 0.369 e. The van der Waals surface area contributed by atoms with Crippen LogP contribution in [0.4, 0.5) is 0 Å². The van der Waals surface area contributed by atoms with Crippen LogP contribution in [0.5, 0.6) is 0 Å². The molecule has 0 aliphatic rings. The number of guanidine groups is 1. The third-order valence-electron chi connectivity index (χ3n) is 2.90. The van der Waals surface area contributed by atoms with Crippen molar-refractivity contribution >= 4 is 23.8 Å². The molecule has 3 N–H and O–H groups in total. The molecule has 0 unspecified atom stereocenters. The van der Waals surface area contributed by atoms with Crippen molar-refractivity contribution in [3.8, 4) is 0 Å². The second kappa shape index (κ2) is 6.99. The van der Waals surface area contributed by atoms with Gasteiger partial charge in [0.1, 0.15) is 0 Å². The summed E-state index contributed by atoms with van der Waals surface area (Å²) < 4.78 is 0. The fourth-order valence-corrected chi connectivity index (χ4v) is 1.84. The third-order valence-corrected chi connectivity index (χ3v) is 2.90. The zero-order chi connectivity index (χ0) is 15.9. The van der Waals surface area contributed by atoms with Crippen LogP contribution in [0.2, 0.25) is 0 Å². The second-order valence-corrected chi connectivity index (χ2v) is 4.47. The van der Waals surface area contributed by atoms with Crippen molar-refractivity contribution in [1.82, 2.24) is 4.90 Å². The van der Waals surface area contributed by atoms with Crippen LogP contribution < -0.4 is 5.73 Å². The van der Waals surface area contributed by atoms with Crippen molar-refractivity contribution in [3.63, 3.8) is 0 Å². The Morgan fingerprint density at radius 2 is 1.50 bits per heavy atom. The molecule has 0 fully saturated rings. The fraction of sp³-hybridized carbons (Fsp3) is 0. The highest BCUT2D eigenvalue weighted by atomic mass is 16.2. The van der Waals surface area contributed by atoms with E-state index in [-0.39, 0.29) is 0 Å². The number of benzene rings is 2. The van der Waals surface area contributed by atoms with E-state index in [4.69, 9.17) is 11.1 Å². The average molecular weight is 293 g/mol. The number of hydrogen-bond acceptors (Lipinski definition) is 3. The maximum atomic E-state index is 12.3. The summed E-state index contributed by atoms with van der Waals surface area (Å²) >= 11 is 0. The molecule has 0 radical (unpaired) electrons. The first-order valence-electron chi connectivity index (χ1n) is 6.60. The highest BCUT2D eigenvalue weighted by Gasteiger charge is 2.23. The van der Waals surface area contributed by atoms with Gasteiger partial charge in [0.25, 0.3) is 11.8 Å². The van der Waals surface area contributed by atoms with Gasteiger partial charge in [0.05, 0.1) is 0 Å². The summed E-state index contributed by atoms with van der Waals surface area (Å²) in [4.78, 5) is 25.1. The van der Waals surface area contributed by atoms with E-state index in [0.717, 1.165) is 5.56 Å². The zero-order valence-electron chi connectivity index (χ0n) is 11.8. The van der Waals surface area contributed by atoms with Gasteiger partial charge in [-0.15, -0.1) is 0 Å². The van der Waals surface area contributed by atoms with Crippen LogP contribution in [0.3, 0.4) is 0 Å². The second-order valence-electron chi connectivity index (χ2n) is 4.47. The topological polar surface area (TPSA) is 87.2 Å². The summed E-state index contributed by atoms with van der Waals surface area (Å²) in [6.45, 7) is 0. The minimum absolute atomic E-state index is 0.291. The summed E-state index contributed by atoms with van der Waals surface area (Å²) in [6.07, 6.45) is 2.79. The molecular weight excluding hydrogens is 278 g/mol. The van der Waals surface area contributed by atoms with Gasteiger partial charge in [-0.05, 0) is 23.8 Å². The Morgan fingerprint density at radius 1 is 0.955 bits per heavy atom. The molecular formula is C17H15N3O2. The monoisotopic (exact) mass is 293 g/mol. The molecule has 2 rings (SSSR count). The summed E-state index contributed by atoms with van der Waals surface area (Å²) in [7, 11) is 0. The van der Waals surface area contributed by atoms with E-state index in [9.17, 15) is 9.59 Å². The number of carbonyl (C=O) groups is 2. The van der Waals surface area contributed by atoms with Crippen LogP contribution in [-0.4, -0.2) is 22.7 Å². The van der Waals surface area contributed by atoms with Gasteiger partial charge in [-0.1, -0.05) is 48.5 Å². The lowest BCUT2D eigenvalue weighted by atomic mass is 10.2. The molecule has 0 aliphatic carbocycles. The Bertz CT molecular complexity index is 709. The Hall–Kier alpha value is -3.21.